The average Bonchev–Trinajstić information content (AvgIpc) is 2.25. The van der Waals surface area contributed by atoms with Crippen LogP contribution in [0.1, 0.15) is 38.3 Å². The first-order chi connectivity index (χ1) is 7.91. The zero-order valence-electron chi connectivity index (χ0n) is 10.6. The van der Waals surface area contributed by atoms with E-state index in [0.717, 1.165) is 12.0 Å². The SMILES string of the molecule is CC(C)CC[C@@H](O)[C@@H](N)c1ccc(F)cc1Br.Cl. The average molecular weight is 341 g/mol. The molecule has 0 bridgehead atoms. The lowest BCUT2D eigenvalue weighted by atomic mass is 9.96. The van der Waals surface area contributed by atoms with E-state index in [0.29, 0.717) is 16.8 Å². The number of aliphatic hydroxyl groups is 1. The normalized spacial score (nSPS) is 14.2. The zero-order chi connectivity index (χ0) is 13.0. The second kappa shape index (κ2) is 8.10. The Bertz CT molecular complexity index is 376. The fourth-order valence-electron chi connectivity index (χ4n) is 1.66. The highest BCUT2D eigenvalue weighted by Gasteiger charge is 2.19. The summed E-state index contributed by atoms with van der Waals surface area (Å²) in [6.45, 7) is 4.21. The van der Waals surface area contributed by atoms with Gasteiger partial charge in [0.05, 0.1) is 12.1 Å². The number of hydrogen-bond donors (Lipinski definition) is 2. The smallest absolute Gasteiger partial charge is 0.124 e. The fraction of sp³-hybridized carbons (Fsp3) is 0.538. The quantitative estimate of drug-likeness (QED) is 0.856. The molecule has 0 aliphatic heterocycles. The summed E-state index contributed by atoms with van der Waals surface area (Å²) in [4.78, 5) is 0. The van der Waals surface area contributed by atoms with Crippen molar-refractivity contribution in [2.75, 3.05) is 0 Å². The number of benzene rings is 1. The van der Waals surface area contributed by atoms with Crippen molar-refractivity contribution in [1.82, 2.24) is 0 Å². The van der Waals surface area contributed by atoms with Crippen molar-refractivity contribution in [3.05, 3.63) is 34.1 Å². The van der Waals surface area contributed by atoms with Crippen molar-refractivity contribution in [3.8, 4) is 0 Å². The fourth-order valence-corrected chi connectivity index (χ4v) is 2.28. The van der Waals surface area contributed by atoms with Crippen molar-refractivity contribution in [3.63, 3.8) is 0 Å². The Morgan fingerprint density at radius 2 is 1.94 bits per heavy atom. The molecule has 0 fully saturated rings. The first-order valence-corrected chi connectivity index (χ1v) is 6.59. The predicted molar refractivity (Wildman–Crippen MR) is 78.4 cm³/mol. The summed E-state index contributed by atoms with van der Waals surface area (Å²) in [7, 11) is 0. The van der Waals surface area contributed by atoms with Gasteiger partial charge in [-0.3, -0.25) is 0 Å². The maximum atomic E-state index is 12.9. The van der Waals surface area contributed by atoms with E-state index < -0.39 is 12.1 Å². The summed E-state index contributed by atoms with van der Waals surface area (Å²) in [5.41, 5.74) is 6.71. The third kappa shape index (κ3) is 5.22. The van der Waals surface area contributed by atoms with Gasteiger partial charge in [-0.05, 0) is 36.5 Å². The lowest BCUT2D eigenvalue weighted by Crippen LogP contribution is -2.26. The van der Waals surface area contributed by atoms with Crippen molar-refractivity contribution in [2.24, 2.45) is 11.7 Å². The highest BCUT2D eigenvalue weighted by Crippen LogP contribution is 2.26. The molecule has 0 saturated carbocycles. The van der Waals surface area contributed by atoms with Crippen LogP contribution < -0.4 is 5.73 Å². The van der Waals surface area contributed by atoms with Crippen LogP contribution in [0.3, 0.4) is 0 Å². The number of hydrogen-bond acceptors (Lipinski definition) is 2. The molecule has 0 unspecified atom stereocenters. The molecule has 104 valence electrons. The number of halogens is 3. The van der Waals surface area contributed by atoms with E-state index in [1.165, 1.54) is 12.1 Å². The van der Waals surface area contributed by atoms with Crippen LogP contribution in [0.2, 0.25) is 0 Å². The van der Waals surface area contributed by atoms with E-state index in [4.69, 9.17) is 5.73 Å². The van der Waals surface area contributed by atoms with E-state index in [9.17, 15) is 9.50 Å². The molecular weight excluding hydrogens is 321 g/mol. The molecule has 0 heterocycles. The van der Waals surface area contributed by atoms with Gasteiger partial charge in [0.1, 0.15) is 5.82 Å². The Balaban J connectivity index is 0.00000289. The van der Waals surface area contributed by atoms with E-state index >= 15 is 0 Å². The van der Waals surface area contributed by atoms with Gasteiger partial charge in [-0.1, -0.05) is 35.8 Å². The van der Waals surface area contributed by atoms with Gasteiger partial charge in [0, 0.05) is 4.47 Å². The molecule has 0 amide bonds. The Kier molecular flexibility index (Phi) is 8.03. The van der Waals surface area contributed by atoms with Crippen LogP contribution in [0.4, 0.5) is 4.39 Å². The highest BCUT2D eigenvalue weighted by atomic mass is 79.9. The molecule has 5 heteroatoms. The van der Waals surface area contributed by atoms with Crippen LogP contribution in [-0.4, -0.2) is 11.2 Å². The number of aliphatic hydroxyl groups excluding tert-OH is 1. The molecule has 0 aliphatic rings. The Labute approximate surface area is 122 Å². The van der Waals surface area contributed by atoms with Gasteiger partial charge in [-0.25, -0.2) is 4.39 Å². The van der Waals surface area contributed by atoms with Crippen LogP contribution >= 0.6 is 28.3 Å². The van der Waals surface area contributed by atoms with E-state index in [1.807, 2.05) is 0 Å². The Hall–Kier alpha value is -0.160. The van der Waals surface area contributed by atoms with Crippen molar-refractivity contribution >= 4 is 28.3 Å². The van der Waals surface area contributed by atoms with E-state index in [-0.39, 0.29) is 18.2 Å². The van der Waals surface area contributed by atoms with Gasteiger partial charge in [0.15, 0.2) is 0 Å². The molecule has 18 heavy (non-hydrogen) atoms. The van der Waals surface area contributed by atoms with Crippen molar-refractivity contribution < 1.29 is 9.50 Å². The number of rotatable bonds is 5. The monoisotopic (exact) mass is 339 g/mol. The summed E-state index contributed by atoms with van der Waals surface area (Å²) in [5.74, 6) is 0.220. The largest absolute Gasteiger partial charge is 0.391 e. The molecular formula is C13H20BrClFNO. The first-order valence-electron chi connectivity index (χ1n) is 5.80. The minimum Gasteiger partial charge on any atom is -0.391 e. The second-order valence-electron chi connectivity index (χ2n) is 4.73. The standard InChI is InChI=1S/C13H19BrFNO.ClH/c1-8(2)3-6-12(17)13(16)10-5-4-9(15)7-11(10)14;/h4-5,7-8,12-13,17H,3,6,16H2,1-2H3;1H/t12-,13+;/m1./s1. The third-order valence-electron chi connectivity index (χ3n) is 2.78. The van der Waals surface area contributed by atoms with Crippen molar-refractivity contribution in [1.29, 1.82) is 0 Å². The first kappa shape index (κ1) is 17.8. The van der Waals surface area contributed by atoms with Crippen molar-refractivity contribution in [2.45, 2.75) is 38.8 Å². The van der Waals surface area contributed by atoms with Gasteiger partial charge in [0.25, 0.3) is 0 Å². The predicted octanol–water partition coefficient (Wildman–Crippen LogP) is 3.81. The summed E-state index contributed by atoms with van der Waals surface area (Å²) in [6.07, 6.45) is 0.982. The van der Waals surface area contributed by atoms with Crippen LogP contribution in [0.5, 0.6) is 0 Å². The van der Waals surface area contributed by atoms with Crippen LogP contribution in [0.25, 0.3) is 0 Å². The lowest BCUT2D eigenvalue weighted by molar-refractivity contribution is 0.128. The van der Waals surface area contributed by atoms with Crippen LogP contribution in [-0.2, 0) is 0 Å². The maximum Gasteiger partial charge on any atom is 0.124 e. The Morgan fingerprint density at radius 1 is 1.33 bits per heavy atom. The molecule has 1 aromatic carbocycles. The van der Waals surface area contributed by atoms with Gasteiger partial charge < -0.3 is 10.8 Å². The molecule has 1 aromatic rings. The number of nitrogens with two attached hydrogens (primary N) is 1. The van der Waals surface area contributed by atoms with Crippen LogP contribution in [0, 0.1) is 11.7 Å². The maximum absolute atomic E-state index is 12.9. The molecule has 2 nitrogen and oxygen atoms in total. The molecule has 0 aliphatic carbocycles. The summed E-state index contributed by atoms with van der Waals surface area (Å²) in [5, 5.41) is 9.97. The van der Waals surface area contributed by atoms with Gasteiger partial charge in [-0.2, -0.15) is 0 Å². The Morgan fingerprint density at radius 3 is 2.44 bits per heavy atom. The summed E-state index contributed by atoms with van der Waals surface area (Å²) < 4.78 is 13.5. The lowest BCUT2D eigenvalue weighted by Gasteiger charge is -2.21. The third-order valence-corrected chi connectivity index (χ3v) is 3.46. The van der Waals surface area contributed by atoms with Gasteiger partial charge >= 0.3 is 0 Å². The minimum absolute atomic E-state index is 0. The van der Waals surface area contributed by atoms with E-state index in [2.05, 4.69) is 29.8 Å². The van der Waals surface area contributed by atoms with Crippen LogP contribution in [0.15, 0.2) is 22.7 Å². The molecule has 0 saturated heterocycles. The molecule has 0 radical (unpaired) electrons. The molecule has 0 aromatic heterocycles. The van der Waals surface area contributed by atoms with E-state index in [1.54, 1.807) is 6.07 Å². The van der Waals surface area contributed by atoms with Gasteiger partial charge in [-0.15, -0.1) is 12.4 Å². The molecule has 2 atom stereocenters. The molecule has 1 rings (SSSR count). The highest BCUT2D eigenvalue weighted by molar-refractivity contribution is 9.10. The second-order valence-corrected chi connectivity index (χ2v) is 5.58. The zero-order valence-corrected chi connectivity index (χ0v) is 13.0. The molecule has 0 spiro atoms. The summed E-state index contributed by atoms with van der Waals surface area (Å²) >= 11 is 3.26. The topological polar surface area (TPSA) is 46.2 Å². The molecule has 3 N–H and O–H groups in total. The summed E-state index contributed by atoms with van der Waals surface area (Å²) in [6, 6.07) is 3.85. The van der Waals surface area contributed by atoms with Gasteiger partial charge in [0.2, 0.25) is 0 Å². The minimum atomic E-state index is -0.598.